The van der Waals surface area contributed by atoms with Gasteiger partial charge in [0.1, 0.15) is 20.2 Å². The lowest BCUT2D eigenvalue weighted by Crippen LogP contribution is -2.49. The molecule has 1 aliphatic heterocycles. The van der Waals surface area contributed by atoms with E-state index in [0.717, 1.165) is 30.2 Å². The second-order valence-corrected chi connectivity index (χ2v) is 6.09. The highest BCUT2D eigenvalue weighted by molar-refractivity contribution is 6.33. The summed E-state index contributed by atoms with van der Waals surface area (Å²) in [6, 6.07) is 6.46. The number of hydrogen-bond donors (Lipinski definition) is 0. The Balaban J connectivity index is 1.59. The molecule has 3 rings (SSSR count). The molecule has 0 aliphatic carbocycles. The summed E-state index contributed by atoms with van der Waals surface area (Å²) in [6.45, 7) is 6.67. The highest BCUT2D eigenvalue weighted by Gasteiger charge is 2.22. The fraction of sp³-hybridized carbons (Fsp3) is 0.412. The Kier molecular flexibility index (Phi) is 4.60. The Hall–Kier alpha value is -2.31. The number of benzene rings is 1. The number of aromatic nitrogens is 2. The minimum Gasteiger partial charge on any atom is -0.368 e. The van der Waals surface area contributed by atoms with Gasteiger partial charge in [-0.2, -0.15) is 5.10 Å². The van der Waals surface area contributed by atoms with Crippen LogP contribution in [0.4, 0.5) is 10.1 Å². The summed E-state index contributed by atoms with van der Waals surface area (Å²) in [4.78, 5) is 16.5. The standard InChI is InChI=1S/C17H20BFN4O/c1-12-17(18)13(2)23(20-12)11-16(24)22-9-7-21(8-10-22)15-5-3-14(19)4-6-15/h3-6H,7-11H2,1-2H3. The third-order valence-corrected chi connectivity index (χ3v) is 4.55. The van der Waals surface area contributed by atoms with Gasteiger partial charge in [-0.15, -0.1) is 0 Å². The van der Waals surface area contributed by atoms with E-state index in [0.29, 0.717) is 18.6 Å². The summed E-state index contributed by atoms with van der Waals surface area (Å²) in [5.41, 5.74) is 3.20. The monoisotopic (exact) mass is 326 g/mol. The van der Waals surface area contributed by atoms with Gasteiger partial charge in [0.2, 0.25) is 5.91 Å². The van der Waals surface area contributed by atoms with E-state index in [1.54, 1.807) is 16.8 Å². The summed E-state index contributed by atoms with van der Waals surface area (Å²) in [5.74, 6) is -0.198. The second-order valence-electron chi connectivity index (χ2n) is 6.09. The zero-order chi connectivity index (χ0) is 17.3. The van der Waals surface area contributed by atoms with Crippen LogP contribution in [0.3, 0.4) is 0 Å². The van der Waals surface area contributed by atoms with Gasteiger partial charge in [-0.25, -0.2) is 4.39 Å². The van der Waals surface area contributed by atoms with Crippen LogP contribution in [-0.4, -0.2) is 54.6 Å². The smallest absolute Gasteiger partial charge is 0.244 e. The summed E-state index contributed by atoms with van der Waals surface area (Å²) in [7, 11) is 5.91. The molecule has 24 heavy (non-hydrogen) atoms. The number of hydrogen-bond acceptors (Lipinski definition) is 3. The first-order valence-electron chi connectivity index (χ1n) is 8.03. The van der Waals surface area contributed by atoms with Crippen LogP contribution in [0.5, 0.6) is 0 Å². The van der Waals surface area contributed by atoms with Crippen LogP contribution >= 0.6 is 0 Å². The highest BCUT2D eigenvalue weighted by atomic mass is 19.1. The molecule has 1 aromatic carbocycles. The lowest BCUT2D eigenvalue weighted by molar-refractivity contribution is -0.132. The number of anilines is 1. The number of amides is 1. The average molecular weight is 326 g/mol. The second kappa shape index (κ2) is 6.67. The van der Waals surface area contributed by atoms with Gasteiger partial charge < -0.3 is 9.80 Å². The van der Waals surface area contributed by atoms with Gasteiger partial charge in [0.15, 0.2) is 0 Å². The lowest BCUT2D eigenvalue weighted by atomic mass is 9.94. The van der Waals surface area contributed by atoms with E-state index in [1.165, 1.54) is 12.1 Å². The van der Waals surface area contributed by atoms with Crippen molar-refractivity contribution in [3.63, 3.8) is 0 Å². The lowest BCUT2D eigenvalue weighted by Gasteiger charge is -2.36. The number of rotatable bonds is 3. The third kappa shape index (κ3) is 3.30. The Labute approximate surface area is 142 Å². The summed E-state index contributed by atoms with van der Waals surface area (Å²) in [6.07, 6.45) is 0. The summed E-state index contributed by atoms with van der Waals surface area (Å²) < 4.78 is 14.7. The number of nitrogens with zero attached hydrogens (tertiary/aromatic N) is 4. The van der Waals surface area contributed by atoms with Crippen LogP contribution in [0, 0.1) is 19.7 Å². The zero-order valence-corrected chi connectivity index (χ0v) is 14.0. The molecule has 0 spiro atoms. The van der Waals surface area contributed by atoms with E-state index in [4.69, 9.17) is 7.85 Å². The molecule has 7 heteroatoms. The van der Waals surface area contributed by atoms with Crippen LogP contribution in [-0.2, 0) is 11.3 Å². The highest BCUT2D eigenvalue weighted by Crippen LogP contribution is 2.17. The molecule has 0 saturated carbocycles. The SMILES string of the molecule is [B]c1c(C)nn(CC(=O)N2CCN(c3ccc(F)cc3)CC2)c1C. The van der Waals surface area contributed by atoms with Crippen LogP contribution in [0.15, 0.2) is 24.3 Å². The van der Waals surface area contributed by atoms with Crippen molar-refractivity contribution in [2.24, 2.45) is 0 Å². The molecule has 1 aliphatic rings. The van der Waals surface area contributed by atoms with Crippen molar-refractivity contribution < 1.29 is 9.18 Å². The molecular formula is C17H20BFN4O. The van der Waals surface area contributed by atoms with E-state index in [1.807, 2.05) is 18.7 Å². The molecule has 2 aromatic rings. The van der Waals surface area contributed by atoms with Crippen LogP contribution in [0.2, 0.25) is 0 Å². The molecular weight excluding hydrogens is 306 g/mol. The number of piperazine rings is 1. The number of carbonyl (C=O) groups is 1. The number of carbonyl (C=O) groups excluding carboxylic acids is 1. The molecule has 2 heterocycles. The molecule has 0 bridgehead atoms. The first-order chi connectivity index (χ1) is 11.5. The molecule has 1 amide bonds. The molecule has 0 unspecified atom stereocenters. The summed E-state index contributed by atoms with van der Waals surface area (Å²) >= 11 is 0. The molecule has 2 radical (unpaired) electrons. The van der Waals surface area contributed by atoms with Crippen molar-refractivity contribution in [2.75, 3.05) is 31.1 Å². The van der Waals surface area contributed by atoms with Gasteiger partial charge in [-0.3, -0.25) is 9.48 Å². The van der Waals surface area contributed by atoms with Crippen LogP contribution in [0.25, 0.3) is 0 Å². The van der Waals surface area contributed by atoms with E-state index in [2.05, 4.69) is 10.00 Å². The average Bonchev–Trinajstić information content (AvgIpc) is 2.83. The number of aryl methyl sites for hydroxylation is 1. The van der Waals surface area contributed by atoms with Gasteiger partial charge in [0, 0.05) is 37.6 Å². The van der Waals surface area contributed by atoms with Crippen molar-refractivity contribution in [1.82, 2.24) is 14.7 Å². The maximum Gasteiger partial charge on any atom is 0.244 e. The Bertz CT molecular complexity index is 736. The first kappa shape index (κ1) is 16.5. The topological polar surface area (TPSA) is 41.4 Å². The Morgan fingerprint density at radius 1 is 1.17 bits per heavy atom. The Morgan fingerprint density at radius 2 is 1.79 bits per heavy atom. The normalized spacial score (nSPS) is 15.0. The maximum absolute atomic E-state index is 13.0. The first-order valence-corrected chi connectivity index (χ1v) is 8.03. The minimum absolute atomic E-state index is 0.0411. The number of halogens is 1. The quantitative estimate of drug-likeness (QED) is 0.783. The van der Waals surface area contributed by atoms with E-state index < -0.39 is 0 Å². The van der Waals surface area contributed by atoms with Crippen molar-refractivity contribution >= 4 is 24.9 Å². The van der Waals surface area contributed by atoms with Crippen molar-refractivity contribution in [3.8, 4) is 0 Å². The summed E-state index contributed by atoms with van der Waals surface area (Å²) in [5, 5.41) is 4.31. The van der Waals surface area contributed by atoms with Crippen molar-refractivity contribution in [3.05, 3.63) is 41.5 Å². The zero-order valence-electron chi connectivity index (χ0n) is 14.0. The van der Waals surface area contributed by atoms with E-state index in [-0.39, 0.29) is 18.3 Å². The van der Waals surface area contributed by atoms with E-state index in [9.17, 15) is 9.18 Å². The van der Waals surface area contributed by atoms with Crippen molar-refractivity contribution in [1.29, 1.82) is 0 Å². The molecule has 5 nitrogen and oxygen atoms in total. The molecule has 1 fully saturated rings. The van der Waals surface area contributed by atoms with Gasteiger partial charge >= 0.3 is 0 Å². The molecule has 0 N–H and O–H groups in total. The van der Waals surface area contributed by atoms with E-state index >= 15 is 0 Å². The van der Waals surface area contributed by atoms with Crippen LogP contribution in [0.1, 0.15) is 11.4 Å². The molecule has 0 atom stereocenters. The third-order valence-electron chi connectivity index (χ3n) is 4.55. The predicted octanol–water partition coefficient (Wildman–Crippen LogP) is 0.782. The maximum atomic E-state index is 13.0. The van der Waals surface area contributed by atoms with Gasteiger partial charge in [0.05, 0.1) is 5.69 Å². The molecule has 1 aromatic heterocycles. The Morgan fingerprint density at radius 3 is 2.33 bits per heavy atom. The van der Waals surface area contributed by atoms with Gasteiger partial charge in [-0.05, 0) is 38.1 Å². The van der Waals surface area contributed by atoms with Crippen molar-refractivity contribution in [2.45, 2.75) is 20.4 Å². The van der Waals surface area contributed by atoms with Gasteiger partial charge in [-0.1, -0.05) is 5.46 Å². The molecule has 124 valence electrons. The van der Waals surface area contributed by atoms with Crippen LogP contribution < -0.4 is 10.4 Å². The fourth-order valence-electron chi connectivity index (χ4n) is 2.96. The predicted molar refractivity (Wildman–Crippen MR) is 92.3 cm³/mol. The minimum atomic E-state index is -0.239. The molecule has 1 saturated heterocycles. The fourth-order valence-corrected chi connectivity index (χ4v) is 2.96. The van der Waals surface area contributed by atoms with Gasteiger partial charge in [0.25, 0.3) is 0 Å². The largest absolute Gasteiger partial charge is 0.368 e.